The molecule has 0 radical (unpaired) electrons. The van der Waals surface area contributed by atoms with Gasteiger partial charge in [0.25, 0.3) is 0 Å². The Hall–Kier alpha value is -2.17. The minimum atomic E-state index is -0.567. The van der Waals surface area contributed by atoms with Crippen LogP contribution in [0.4, 0.5) is 10.1 Å². The monoisotopic (exact) mass is 261 g/mol. The van der Waals surface area contributed by atoms with Gasteiger partial charge in [0.1, 0.15) is 11.6 Å². The molecule has 0 saturated carbocycles. The number of nitrogens with zero attached hydrogens (tertiary/aromatic N) is 2. The van der Waals surface area contributed by atoms with Crippen molar-refractivity contribution in [1.29, 1.82) is 0 Å². The molecule has 5 heteroatoms. The van der Waals surface area contributed by atoms with Gasteiger partial charge in [-0.15, -0.1) is 0 Å². The Kier molecular flexibility index (Phi) is 3.94. The first kappa shape index (κ1) is 13.3. The van der Waals surface area contributed by atoms with Crippen molar-refractivity contribution in [1.82, 2.24) is 9.55 Å². The summed E-state index contributed by atoms with van der Waals surface area (Å²) in [6.45, 7) is 2.86. The summed E-state index contributed by atoms with van der Waals surface area (Å²) in [4.78, 5) is 16.3. The van der Waals surface area contributed by atoms with Gasteiger partial charge < -0.3 is 10.3 Å². The molecule has 1 aromatic carbocycles. The highest BCUT2D eigenvalue weighted by Crippen LogP contribution is 2.17. The van der Waals surface area contributed by atoms with Crippen LogP contribution in [-0.2, 0) is 13.0 Å². The van der Waals surface area contributed by atoms with Crippen LogP contribution >= 0.6 is 0 Å². The van der Waals surface area contributed by atoms with E-state index in [0.717, 1.165) is 13.0 Å². The summed E-state index contributed by atoms with van der Waals surface area (Å²) in [5.74, 6) is -0.112. The number of benzene rings is 1. The maximum atomic E-state index is 13.3. The normalized spacial score (nSPS) is 10.6. The van der Waals surface area contributed by atoms with Crippen molar-refractivity contribution >= 4 is 11.5 Å². The van der Waals surface area contributed by atoms with Gasteiger partial charge in [0.05, 0.1) is 12.1 Å². The third-order valence-electron chi connectivity index (χ3n) is 2.94. The Bertz CT molecular complexity index is 592. The molecule has 2 rings (SSSR count). The van der Waals surface area contributed by atoms with Gasteiger partial charge in [-0.25, -0.2) is 9.37 Å². The van der Waals surface area contributed by atoms with Crippen LogP contribution in [0.25, 0.3) is 0 Å². The van der Waals surface area contributed by atoms with E-state index >= 15 is 0 Å². The molecule has 1 aromatic heterocycles. The molecule has 0 aliphatic heterocycles. The molecular weight excluding hydrogens is 245 g/mol. The summed E-state index contributed by atoms with van der Waals surface area (Å²) in [6, 6.07) is 4.26. The Balaban J connectivity index is 2.21. The molecule has 0 atom stereocenters. The molecule has 0 saturated heterocycles. The Morgan fingerprint density at radius 1 is 1.47 bits per heavy atom. The van der Waals surface area contributed by atoms with E-state index < -0.39 is 5.82 Å². The lowest BCUT2D eigenvalue weighted by Crippen LogP contribution is -2.12. The van der Waals surface area contributed by atoms with Crippen LogP contribution in [0, 0.1) is 5.82 Å². The second-order valence-electron chi connectivity index (χ2n) is 4.34. The van der Waals surface area contributed by atoms with Gasteiger partial charge in [-0.05, 0) is 18.6 Å². The molecule has 0 bridgehead atoms. The van der Waals surface area contributed by atoms with Crippen molar-refractivity contribution < 1.29 is 9.18 Å². The molecule has 0 amide bonds. The maximum absolute atomic E-state index is 13.3. The van der Waals surface area contributed by atoms with Crippen molar-refractivity contribution in [2.24, 2.45) is 0 Å². The number of carbonyl (C=O) groups excluding carboxylic acids is 1. The molecule has 0 spiro atoms. The average Bonchev–Trinajstić information content (AvgIpc) is 2.80. The van der Waals surface area contributed by atoms with Crippen molar-refractivity contribution in [2.45, 2.75) is 26.3 Å². The SMILES string of the molecule is CCCn1ccnc1CC(=O)c1cccc(F)c1N. The van der Waals surface area contributed by atoms with E-state index in [-0.39, 0.29) is 23.5 Å². The van der Waals surface area contributed by atoms with E-state index in [1.54, 1.807) is 6.20 Å². The summed E-state index contributed by atoms with van der Waals surface area (Å²) in [6.07, 6.45) is 4.58. The molecule has 0 aliphatic carbocycles. The summed E-state index contributed by atoms with van der Waals surface area (Å²) < 4.78 is 15.2. The first-order valence-corrected chi connectivity index (χ1v) is 6.20. The summed E-state index contributed by atoms with van der Waals surface area (Å²) in [7, 11) is 0. The van der Waals surface area contributed by atoms with E-state index in [9.17, 15) is 9.18 Å². The number of Topliss-reactive ketones (excluding diaryl/α,β-unsaturated/α-hetero) is 1. The number of nitrogen functional groups attached to an aromatic ring is 1. The number of aromatic nitrogens is 2. The molecule has 0 aliphatic rings. The number of nitrogens with two attached hydrogens (primary N) is 1. The van der Waals surface area contributed by atoms with E-state index in [1.807, 2.05) is 10.8 Å². The second-order valence-corrected chi connectivity index (χ2v) is 4.34. The molecular formula is C14H16FN3O. The highest BCUT2D eigenvalue weighted by molar-refractivity contribution is 6.01. The Labute approximate surface area is 111 Å². The van der Waals surface area contributed by atoms with Gasteiger partial charge in [0, 0.05) is 24.5 Å². The summed E-state index contributed by atoms with van der Waals surface area (Å²) in [5, 5.41) is 0. The fraction of sp³-hybridized carbons (Fsp3) is 0.286. The number of imidazole rings is 1. The van der Waals surface area contributed by atoms with E-state index in [0.29, 0.717) is 5.82 Å². The lowest BCUT2D eigenvalue weighted by Gasteiger charge is -2.07. The van der Waals surface area contributed by atoms with E-state index in [1.165, 1.54) is 18.2 Å². The van der Waals surface area contributed by atoms with Crippen molar-refractivity contribution in [2.75, 3.05) is 5.73 Å². The van der Waals surface area contributed by atoms with Crippen LogP contribution in [0.5, 0.6) is 0 Å². The minimum absolute atomic E-state index is 0.0962. The molecule has 2 N–H and O–H groups in total. The Morgan fingerprint density at radius 3 is 3.00 bits per heavy atom. The predicted molar refractivity (Wildman–Crippen MR) is 71.4 cm³/mol. The number of anilines is 1. The zero-order valence-corrected chi connectivity index (χ0v) is 10.8. The number of hydrogen-bond acceptors (Lipinski definition) is 3. The molecule has 100 valence electrons. The number of rotatable bonds is 5. The molecule has 0 unspecified atom stereocenters. The molecule has 4 nitrogen and oxygen atoms in total. The van der Waals surface area contributed by atoms with Crippen LogP contribution < -0.4 is 5.73 Å². The van der Waals surface area contributed by atoms with Crippen molar-refractivity contribution in [3.8, 4) is 0 Å². The molecule has 19 heavy (non-hydrogen) atoms. The van der Waals surface area contributed by atoms with Crippen LogP contribution in [0.2, 0.25) is 0 Å². The third kappa shape index (κ3) is 2.81. The van der Waals surface area contributed by atoms with Crippen LogP contribution in [0.1, 0.15) is 29.5 Å². The van der Waals surface area contributed by atoms with Crippen molar-refractivity contribution in [3.05, 3.63) is 47.8 Å². The predicted octanol–water partition coefficient (Wildman–Crippen LogP) is 2.44. The highest BCUT2D eigenvalue weighted by Gasteiger charge is 2.15. The number of aryl methyl sites for hydroxylation is 1. The quantitative estimate of drug-likeness (QED) is 0.664. The standard InChI is InChI=1S/C14H16FN3O/c1-2-7-18-8-6-17-13(18)9-12(19)10-4-3-5-11(15)14(10)16/h3-6,8H,2,7,9,16H2,1H3. The zero-order valence-electron chi connectivity index (χ0n) is 10.8. The fourth-order valence-electron chi connectivity index (χ4n) is 1.97. The van der Waals surface area contributed by atoms with Gasteiger partial charge in [-0.3, -0.25) is 4.79 Å². The molecule has 2 aromatic rings. The lowest BCUT2D eigenvalue weighted by molar-refractivity contribution is 0.0990. The van der Waals surface area contributed by atoms with E-state index in [4.69, 9.17) is 5.73 Å². The number of hydrogen-bond donors (Lipinski definition) is 1. The topological polar surface area (TPSA) is 60.9 Å². The Morgan fingerprint density at radius 2 is 2.26 bits per heavy atom. The number of para-hydroxylation sites is 1. The fourth-order valence-corrected chi connectivity index (χ4v) is 1.97. The molecule has 1 heterocycles. The smallest absolute Gasteiger partial charge is 0.172 e. The van der Waals surface area contributed by atoms with Gasteiger partial charge in [0.2, 0.25) is 0 Å². The second kappa shape index (κ2) is 5.65. The van der Waals surface area contributed by atoms with Gasteiger partial charge >= 0.3 is 0 Å². The highest BCUT2D eigenvalue weighted by atomic mass is 19.1. The van der Waals surface area contributed by atoms with Gasteiger partial charge in [0.15, 0.2) is 5.78 Å². The van der Waals surface area contributed by atoms with Crippen LogP contribution in [0.15, 0.2) is 30.6 Å². The van der Waals surface area contributed by atoms with E-state index in [2.05, 4.69) is 11.9 Å². The van der Waals surface area contributed by atoms with Crippen molar-refractivity contribution in [3.63, 3.8) is 0 Å². The number of ketones is 1. The van der Waals surface area contributed by atoms with Gasteiger partial charge in [-0.1, -0.05) is 13.0 Å². The minimum Gasteiger partial charge on any atom is -0.396 e. The van der Waals surface area contributed by atoms with Gasteiger partial charge in [-0.2, -0.15) is 0 Å². The van der Waals surface area contributed by atoms with Crippen LogP contribution in [-0.4, -0.2) is 15.3 Å². The zero-order chi connectivity index (χ0) is 13.8. The summed E-state index contributed by atoms with van der Waals surface area (Å²) >= 11 is 0. The largest absolute Gasteiger partial charge is 0.396 e. The summed E-state index contributed by atoms with van der Waals surface area (Å²) in [5.41, 5.74) is 5.70. The third-order valence-corrected chi connectivity index (χ3v) is 2.94. The molecule has 0 fully saturated rings. The number of carbonyl (C=O) groups is 1. The van der Waals surface area contributed by atoms with Crippen LogP contribution in [0.3, 0.4) is 0 Å². The number of halogens is 1. The first-order valence-electron chi connectivity index (χ1n) is 6.20. The lowest BCUT2D eigenvalue weighted by atomic mass is 10.1. The first-order chi connectivity index (χ1) is 9.13. The average molecular weight is 261 g/mol. The maximum Gasteiger partial charge on any atom is 0.172 e.